The van der Waals surface area contributed by atoms with Crippen LogP contribution >= 0.6 is 0 Å². The van der Waals surface area contributed by atoms with Crippen molar-refractivity contribution >= 4 is 16.7 Å². The van der Waals surface area contributed by atoms with Gasteiger partial charge in [0.2, 0.25) is 0 Å². The van der Waals surface area contributed by atoms with E-state index >= 15 is 0 Å². The molecule has 0 saturated heterocycles. The van der Waals surface area contributed by atoms with Gasteiger partial charge in [0.25, 0.3) is 0 Å². The van der Waals surface area contributed by atoms with Gasteiger partial charge in [0.05, 0.1) is 5.41 Å². The number of hydrogen-bond acceptors (Lipinski definition) is 2. The molecule has 2 aromatic carbocycles. The van der Waals surface area contributed by atoms with Crippen LogP contribution in [0.2, 0.25) is 0 Å². The highest BCUT2D eigenvalue weighted by molar-refractivity contribution is 5.83. The molecular formula is C21H28O2. The maximum atomic E-state index is 12.8. The summed E-state index contributed by atoms with van der Waals surface area (Å²) in [6.07, 6.45) is 0. The first kappa shape index (κ1) is 17.5. The summed E-state index contributed by atoms with van der Waals surface area (Å²) in [7, 11) is 0. The molecule has 0 saturated carbocycles. The van der Waals surface area contributed by atoms with Crippen molar-refractivity contribution in [2.45, 2.75) is 48.1 Å². The molecule has 0 heterocycles. The maximum absolute atomic E-state index is 12.8. The van der Waals surface area contributed by atoms with Gasteiger partial charge >= 0.3 is 5.97 Å². The van der Waals surface area contributed by atoms with Crippen molar-refractivity contribution in [3.63, 3.8) is 0 Å². The average Bonchev–Trinajstić information content (AvgIpc) is 2.50. The van der Waals surface area contributed by atoms with E-state index in [1.54, 1.807) is 0 Å². The molecular weight excluding hydrogens is 284 g/mol. The highest BCUT2D eigenvalue weighted by Gasteiger charge is 2.47. The van der Waals surface area contributed by atoms with Crippen LogP contribution in [0.25, 0.3) is 10.8 Å². The van der Waals surface area contributed by atoms with Crippen LogP contribution < -0.4 is 0 Å². The van der Waals surface area contributed by atoms with Crippen molar-refractivity contribution in [2.24, 2.45) is 16.7 Å². The van der Waals surface area contributed by atoms with Crippen LogP contribution in [0, 0.1) is 16.7 Å². The highest BCUT2D eigenvalue weighted by Crippen LogP contribution is 2.45. The van der Waals surface area contributed by atoms with Crippen molar-refractivity contribution in [1.82, 2.24) is 0 Å². The quantitative estimate of drug-likeness (QED) is 0.688. The predicted octanol–water partition coefficient (Wildman–Crippen LogP) is 5.59. The van der Waals surface area contributed by atoms with Crippen molar-refractivity contribution in [1.29, 1.82) is 0 Å². The lowest BCUT2D eigenvalue weighted by molar-refractivity contribution is -0.167. The average molecular weight is 312 g/mol. The standard InChI is InChI=1S/C21H28O2/c1-15(2)21(6,20(3,4)5)19(22)23-14-16-11-12-17-9-7-8-10-18(17)13-16/h7-13,15H,14H2,1-6H3. The van der Waals surface area contributed by atoms with Gasteiger partial charge in [-0.15, -0.1) is 0 Å². The number of carbonyl (C=O) groups excluding carboxylic acids is 1. The molecule has 0 N–H and O–H groups in total. The Morgan fingerprint density at radius 1 is 1.00 bits per heavy atom. The number of esters is 1. The van der Waals surface area contributed by atoms with E-state index < -0.39 is 5.41 Å². The van der Waals surface area contributed by atoms with Gasteiger partial charge in [-0.25, -0.2) is 0 Å². The Morgan fingerprint density at radius 3 is 2.17 bits per heavy atom. The van der Waals surface area contributed by atoms with E-state index in [2.05, 4.69) is 58.9 Å². The molecule has 0 aromatic heterocycles. The third-order valence-electron chi connectivity index (χ3n) is 5.32. The number of hydrogen-bond donors (Lipinski definition) is 0. The van der Waals surface area contributed by atoms with Crippen molar-refractivity contribution in [3.05, 3.63) is 48.0 Å². The zero-order valence-electron chi connectivity index (χ0n) is 15.1. The molecule has 0 fully saturated rings. The van der Waals surface area contributed by atoms with Crippen LogP contribution in [0.15, 0.2) is 42.5 Å². The second-order valence-electron chi connectivity index (χ2n) is 7.86. The van der Waals surface area contributed by atoms with Crippen LogP contribution in [0.5, 0.6) is 0 Å². The number of rotatable bonds is 4. The van der Waals surface area contributed by atoms with E-state index in [-0.39, 0.29) is 17.3 Å². The van der Waals surface area contributed by atoms with Crippen LogP contribution in [-0.4, -0.2) is 5.97 Å². The molecule has 0 aliphatic heterocycles. The first-order valence-corrected chi connectivity index (χ1v) is 8.31. The van der Waals surface area contributed by atoms with E-state index in [0.29, 0.717) is 6.61 Å². The highest BCUT2D eigenvalue weighted by atomic mass is 16.5. The van der Waals surface area contributed by atoms with Crippen LogP contribution in [0.1, 0.15) is 47.1 Å². The van der Waals surface area contributed by atoms with E-state index in [4.69, 9.17) is 4.74 Å². The number of fused-ring (bicyclic) bond motifs is 1. The van der Waals surface area contributed by atoms with E-state index in [9.17, 15) is 4.79 Å². The fraction of sp³-hybridized carbons (Fsp3) is 0.476. The Bertz CT molecular complexity index is 694. The van der Waals surface area contributed by atoms with Crippen LogP contribution in [0.3, 0.4) is 0 Å². The topological polar surface area (TPSA) is 26.3 Å². The number of ether oxygens (including phenoxy) is 1. The monoisotopic (exact) mass is 312 g/mol. The molecule has 2 heteroatoms. The summed E-state index contributed by atoms with van der Waals surface area (Å²) in [4.78, 5) is 12.8. The third-order valence-corrected chi connectivity index (χ3v) is 5.32. The van der Waals surface area contributed by atoms with E-state index in [0.717, 1.165) is 5.56 Å². The van der Waals surface area contributed by atoms with Crippen molar-refractivity contribution < 1.29 is 9.53 Å². The maximum Gasteiger partial charge on any atom is 0.312 e. The Kier molecular flexibility index (Phi) is 4.84. The molecule has 0 aliphatic rings. The Labute approximate surface area is 139 Å². The first-order valence-electron chi connectivity index (χ1n) is 8.31. The fourth-order valence-electron chi connectivity index (χ4n) is 3.04. The molecule has 0 radical (unpaired) electrons. The molecule has 2 aromatic rings. The second-order valence-corrected chi connectivity index (χ2v) is 7.86. The number of carbonyl (C=O) groups is 1. The van der Waals surface area contributed by atoms with Gasteiger partial charge in [0, 0.05) is 0 Å². The zero-order chi connectivity index (χ0) is 17.3. The van der Waals surface area contributed by atoms with E-state index in [1.807, 2.05) is 25.1 Å². The van der Waals surface area contributed by atoms with Gasteiger partial charge in [0.15, 0.2) is 0 Å². The third kappa shape index (κ3) is 3.41. The van der Waals surface area contributed by atoms with Gasteiger partial charge in [0.1, 0.15) is 6.61 Å². The molecule has 0 aliphatic carbocycles. The molecule has 0 amide bonds. The molecule has 23 heavy (non-hydrogen) atoms. The number of benzene rings is 2. The van der Waals surface area contributed by atoms with Crippen molar-refractivity contribution in [3.8, 4) is 0 Å². The first-order chi connectivity index (χ1) is 10.7. The summed E-state index contributed by atoms with van der Waals surface area (Å²) in [5.74, 6) is 0.0970. The molecule has 0 bridgehead atoms. The van der Waals surface area contributed by atoms with Crippen LogP contribution in [0.4, 0.5) is 0 Å². The normalized spacial score (nSPS) is 14.7. The molecule has 2 rings (SSSR count). The molecule has 1 atom stereocenters. The Morgan fingerprint density at radius 2 is 1.61 bits per heavy atom. The summed E-state index contributed by atoms with van der Waals surface area (Å²) in [6.45, 7) is 12.8. The Hall–Kier alpha value is -1.83. The van der Waals surface area contributed by atoms with Gasteiger partial charge in [-0.3, -0.25) is 4.79 Å². The molecule has 124 valence electrons. The van der Waals surface area contributed by atoms with Crippen molar-refractivity contribution in [2.75, 3.05) is 0 Å². The minimum atomic E-state index is -0.510. The molecule has 2 nitrogen and oxygen atoms in total. The SMILES string of the molecule is CC(C)C(C)(C(=O)OCc1ccc2ccccc2c1)C(C)(C)C. The summed E-state index contributed by atoms with van der Waals surface area (Å²) < 4.78 is 5.69. The summed E-state index contributed by atoms with van der Waals surface area (Å²) in [5, 5.41) is 2.37. The van der Waals surface area contributed by atoms with Gasteiger partial charge in [-0.2, -0.15) is 0 Å². The van der Waals surface area contributed by atoms with Crippen LogP contribution in [-0.2, 0) is 16.1 Å². The summed E-state index contributed by atoms with van der Waals surface area (Å²) in [6, 6.07) is 14.4. The zero-order valence-corrected chi connectivity index (χ0v) is 15.1. The molecule has 1 unspecified atom stereocenters. The van der Waals surface area contributed by atoms with Gasteiger partial charge in [-0.1, -0.05) is 71.0 Å². The fourth-order valence-corrected chi connectivity index (χ4v) is 3.04. The second kappa shape index (κ2) is 6.35. The lowest BCUT2D eigenvalue weighted by Crippen LogP contribution is -2.45. The lowest BCUT2D eigenvalue weighted by atomic mass is 9.62. The van der Waals surface area contributed by atoms with Gasteiger partial charge in [-0.05, 0) is 40.7 Å². The summed E-state index contributed by atoms with van der Waals surface area (Å²) in [5.41, 5.74) is 0.364. The smallest absolute Gasteiger partial charge is 0.312 e. The van der Waals surface area contributed by atoms with E-state index in [1.165, 1.54) is 10.8 Å². The van der Waals surface area contributed by atoms with Gasteiger partial charge < -0.3 is 4.74 Å². The minimum absolute atomic E-state index is 0.117. The predicted molar refractivity (Wildman–Crippen MR) is 96.1 cm³/mol. The summed E-state index contributed by atoms with van der Waals surface area (Å²) >= 11 is 0. The lowest BCUT2D eigenvalue weighted by Gasteiger charge is -2.42. The Balaban J connectivity index is 2.16. The molecule has 0 spiro atoms. The largest absolute Gasteiger partial charge is 0.460 e. The minimum Gasteiger partial charge on any atom is -0.460 e.